The van der Waals surface area contributed by atoms with Crippen LogP contribution in [0, 0.1) is 11.3 Å². The van der Waals surface area contributed by atoms with Crippen LogP contribution in [-0.4, -0.2) is 37.7 Å². The van der Waals surface area contributed by atoms with Gasteiger partial charge in [-0.3, -0.25) is 4.79 Å². The van der Waals surface area contributed by atoms with Gasteiger partial charge < -0.3 is 15.0 Å². The Hall–Kier alpha value is -2.32. The molecule has 5 heteroatoms. The van der Waals surface area contributed by atoms with E-state index < -0.39 is 5.54 Å². The first-order valence-electron chi connectivity index (χ1n) is 8.79. The first-order chi connectivity index (χ1) is 11.9. The minimum atomic E-state index is -0.465. The van der Waals surface area contributed by atoms with Crippen LogP contribution < -0.4 is 10.2 Å². The molecule has 0 aliphatic carbocycles. The zero-order chi connectivity index (χ0) is 20.0. The van der Waals surface area contributed by atoms with Gasteiger partial charge in [0, 0.05) is 31.9 Å². The summed E-state index contributed by atoms with van der Waals surface area (Å²) in [7, 11) is 3.93. The van der Waals surface area contributed by atoms with E-state index in [1.54, 1.807) is 6.08 Å². The van der Waals surface area contributed by atoms with Crippen LogP contribution in [0.2, 0.25) is 0 Å². The van der Waals surface area contributed by atoms with E-state index in [4.69, 9.17) is 4.74 Å². The molecule has 1 N–H and O–H groups in total. The van der Waals surface area contributed by atoms with Crippen LogP contribution >= 0.6 is 0 Å². The first kappa shape index (κ1) is 21.7. The van der Waals surface area contributed by atoms with E-state index in [1.165, 1.54) is 0 Å². The molecule has 0 radical (unpaired) electrons. The number of amides is 1. The summed E-state index contributed by atoms with van der Waals surface area (Å²) in [4.78, 5) is 14.5. The zero-order valence-electron chi connectivity index (χ0n) is 17.0. The Morgan fingerprint density at radius 3 is 2.23 bits per heavy atom. The second-order valence-corrected chi connectivity index (χ2v) is 8.20. The minimum absolute atomic E-state index is 0.0902. The molecular formula is C21H31N3O2. The number of rotatable bonds is 7. The summed E-state index contributed by atoms with van der Waals surface area (Å²) in [6, 6.07) is 9.68. The Morgan fingerprint density at radius 2 is 1.77 bits per heavy atom. The highest BCUT2D eigenvalue weighted by Crippen LogP contribution is 2.16. The highest BCUT2D eigenvalue weighted by atomic mass is 16.5. The number of hydrogen-bond donors (Lipinski definition) is 1. The third-order valence-electron chi connectivity index (χ3n) is 3.80. The molecule has 0 aliphatic rings. The lowest BCUT2D eigenvalue weighted by Gasteiger charge is -2.28. The quantitative estimate of drug-likeness (QED) is 0.596. The molecule has 1 amide bonds. The molecule has 0 spiro atoms. The van der Waals surface area contributed by atoms with Crippen LogP contribution in [0.3, 0.4) is 0 Å². The molecule has 0 aromatic heterocycles. The molecule has 0 atom stereocenters. The van der Waals surface area contributed by atoms with Crippen molar-refractivity contribution in [2.24, 2.45) is 0 Å². The number of carbonyl (C=O) groups is 1. The van der Waals surface area contributed by atoms with Gasteiger partial charge in [-0.1, -0.05) is 12.1 Å². The fourth-order valence-corrected chi connectivity index (χ4v) is 2.23. The molecule has 1 rings (SSSR count). The molecule has 0 saturated carbocycles. The topological polar surface area (TPSA) is 65.4 Å². The summed E-state index contributed by atoms with van der Waals surface area (Å²) in [5.41, 5.74) is 1.29. The average molecular weight is 357 g/mol. The molecule has 0 heterocycles. The molecule has 1 aromatic carbocycles. The van der Waals surface area contributed by atoms with E-state index in [2.05, 4.69) is 5.32 Å². The number of ether oxygens (including phenoxy) is 1. The molecule has 142 valence electrons. The zero-order valence-corrected chi connectivity index (χ0v) is 17.0. The third kappa shape index (κ3) is 7.71. The van der Waals surface area contributed by atoms with Crippen molar-refractivity contribution in [3.8, 4) is 6.07 Å². The molecule has 0 fully saturated rings. The van der Waals surface area contributed by atoms with Crippen molar-refractivity contribution in [2.45, 2.75) is 52.2 Å². The SMILES string of the molecule is CN(C)c1ccc(C=C(C#N)C(=O)NC(C)(C)CCOC(C)(C)C)cc1. The van der Waals surface area contributed by atoms with E-state index >= 15 is 0 Å². The Bertz CT molecular complexity index is 675. The van der Waals surface area contributed by atoms with Crippen LogP contribution in [0.4, 0.5) is 5.69 Å². The van der Waals surface area contributed by atoms with E-state index in [0.717, 1.165) is 11.3 Å². The highest BCUT2D eigenvalue weighted by molar-refractivity contribution is 6.02. The van der Waals surface area contributed by atoms with Gasteiger partial charge in [0.15, 0.2) is 0 Å². The summed E-state index contributed by atoms with van der Waals surface area (Å²) in [6.45, 7) is 10.4. The van der Waals surface area contributed by atoms with Crippen molar-refractivity contribution in [3.63, 3.8) is 0 Å². The predicted octanol–water partition coefficient (Wildman–Crippen LogP) is 3.76. The van der Waals surface area contributed by atoms with Gasteiger partial charge in [0.1, 0.15) is 11.6 Å². The van der Waals surface area contributed by atoms with Crippen LogP contribution in [0.15, 0.2) is 29.8 Å². The van der Waals surface area contributed by atoms with Crippen molar-refractivity contribution >= 4 is 17.7 Å². The Labute approximate surface area is 157 Å². The highest BCUT2D eigenvalue weighted by Gasteiger charge is 2.23. The second-order valence-electron chi connectivity index (χ2n) is 8.20. The normalized spacial score (nSPS) is 12.5. The van der Waals surface area contributed by atoms with Crippen LogP contribution in [-0.2, 0) is 9.53 Å². The fraction of sp³-hybridized carbons (Fsp3) is 0.524. The number of nitriles is 1. The van der Waals surface area contributed by atoms with E-state index in [1.807, 2.05) is 83.9 Å². The number of carbonyl (C=O) groups excluding carboxylic acids is 1. The Morgan fingerprint density at radius 1 is 1.19 bits per heavy atom. The lowest BCUT2D eigenvalue weighted by Crippen LogP contribution is -2.45. The lowest BCUT2D eigenvalue weighted by molar-refractivity contribution is -0.118. The molecule has 5 nitrogen and oxygen atoms in total. The van der Waals surface area contributed by atoms with Gasteiger partial charge in [-0.2, -0.15) is 5.26 Å². The Kier molecular flexibility index (Phi) is 7.41. The molecule has 0 bridgehead atoms. The smallest absolute Gasteiger partial charge is 0.262 e. The lowest BCUT2D eigenvalue weighted by atomic mass is 10.00. The summed E-state index contributed by atoms with van der Waals surface area (Å²) >= 11 is 0. The largest absolute Gasteiger partial charge is 0.378 e. The standard InChI is InChI=1S/C21H31N3O2/c1-20(2,3)26-13-12-21(4,5)23-19(25)17(15-22)14-16-8-10-18(11-9-16)24(6)7/h8-11,14H,12-13H2,1-7H3,(H,23,25). The third-order valence-corrected chi connectivity index (χ3v) is 3.80. The monoisotopic (exact) mass is 357 g/mol. The van der Waals surface area contributed by atoms with Crippen molar-refractivity contribution in [2.75, 3.05) is 25.6 Å². The fourth-order valence-electron chi connectivity index (χ4n) is 2.23. The van der Waals surface area contributed by atoms with Crippen LogP contribution in [0.25, 0.3) is 6.08 Å². The number of nitrogens with zero attached hydrogens (tertiary/aromatic N) is 2. The van der Waals surface area contributed by atoms with Gasteiger partial charge in [0.2, 0.25) is 0 Å². The van der Waals surface area contributed by atoms with E-state index in [9.17, 15) is 10.1 Å². The number of hydrogen-bond acceptors (Lipinski definition) is 4. The van der Waals surface area contributed by atoms with E-state index in [0.29, 0.717) is 13.0 Å². The molecule has 0 aliphatic heterocycles. The number of benzene rings is 1. The average Bonchev–Trinajstić information content (AvgIpc) is 2.50. The molecule has 26 heavy (non-hydrogen) atoms. The maximum atomic E-state index is 12.5. The summed E-state index contributed by atoms with van der Waals surface area (Å²) in [5, 5.41) is 12.3. The van der Waals surface area contributed by atoms with Crippen molar-refractivity contribution in [3.05, 3.63) is 35.4 Å². The minimum Gasteiger partial charge on any atom is -0.378 e. The van der Waals surface area contributed by atoms with Gasteiger partial charge in [-0.15, -0.1) is 0 Å². The number of anilines is 1. The summed E-state index contributed by atoms with van der Waals surface area (Å²) in [6.07, 6.45) is 2.27. The summed E-state index contributed by atoms with van der Waals surface area (Å²) < 4.78 is 5.72. The predicted molar refractivity (Wildman–Crippen MR) is 107 cm³/mol. The molecule has 0 unspecified atom stereocenters. The van der Waals surface area contributed by atoms with Gasteiger partial charge in [0.05, 0.1) is 5.60 Å². The maximum Gasteiger partial charge on any atom is 0.262 e. The molecule has 1 aromatic rings. The molecular weight excluding hydrogens is 326 g/mol. The summed E-state index contributed by atoms with van der Waals surface area (Å²) in [5.74, 6) is -0.370. The van der Waals surface area contributed by atoms with Gasteiger partial charge in [0.25, 0.3) is 5.91 Å². The van der Waals surface area contributed by atoms with Crippen molar-refractivity contribution < 1.29 is 9.53 Å². The molecule has 0 saturated heterocycles. The van der Waals surface area contributed by atoms with Gasteiger partial charge >= 0.3 is 0 Å². The van der Waals surface area contributed by atoms with Gasteiger partial charge in [-0.05, 0) is 64.8 Å². The Balaban J connectivity index is 2.77. The van der Waals surface area contributed by atoms with Crippen LogP contribution in [0.5, 0.6) is 0 Å². The first-order valence-corrected chi connectivity index (χ1v) is 8.79. The van der Waals surface area contributed by atoms with Crippen molar-refractivity contribution in [1.29, 1.82) is 5.26 Å². The van der Waals surface area contributed by atoms with Gasteiger partial charge in [-0.25, -0.2) is 0 Å². The maximum absolute atomic E-state index is 12.5. The van der Waals surface area contributed by atoms with E-state index in [-0.39, 0.29) is 17.1 Å². The number of nitrogens with one attached hydrogen (secondary N) is 1. The van der Waals surface area contributed by atoms with Crippen molar-refractivity contribution in [1.82, 2.24) is 5.32 Å². The van der Waals surface area contributed by atoms with Crippen LogP contribution in [0.1, 0.15) is 46.6 Å². The second kappa shape index (κ2) is 8.86.